The number of carbonyl (C=O) groups excluding carboxylic acids is 1. The fraction of sp³-hybridized carbons (Fsp3) is 0.278. The van der Waals surface area contributed by atoms with Gasteiger partial charge < -0.3 is 15.2 Å². The Labute approximate surface area is 138 Å². The highest BCUT2D eigenvalue weighted by Crippen LogP contribution is 2.32. The van der Waals surface area contributed by atoms with E-state index >= 15 is 0 Å². The minimum atomic E-state index is -1.46. The number of aliphatic hydroxyl groups is 1. The Hall–Kier alpha value is -2.47. The molecule has 1 saturated carbocycles. The van der Waals surface area contributed by atoms with Crippen molar-refractivity contribution >= 4 is 11.6 Å². The third kappa shape index (κ3) is 3.71. The van der Waals surface area contributed by atoms with Gasteiger partial charge in [0, 0.05) is 5.92 Å². The van der Waals surface area contributed by atoms with Crippen molar-refractivity contribution in [3.63, 3.8) is 0 Å². The Balaban J connectivity index is 1.69. The monoisotopic (exact) mass is 333 g/mol. The van der Waals surface area contributed by atoms with Crippen LogP contribution in [0.5, 0.6) is 5.75 Å². The number of halogens is 2. The molecule has 0 spiro atoms. The van der Waals surface area contributed by atoms with Gasteiger partial charge in [-0.1, -0.05) is 18.2 Å². The molecule has 0 aromatic heterocycles. The number of carbonyl (C=O) groups is 1. The molecule has 0 heterocycles. The average Bonchev–Trinajstić information content (AvgIpc) is 3.39. The van der Waals surface area contributed by atoms with Gasteiger partial charge in [0.05, 0.1) is 11.3 Å². The fourth-order valence-electron chi connectivity index (χ4n) is 2.36. The van der Waals surface area contributed by atoms with E-state index in [1.807, 2.05) is 0 Å². The maximum atomic E-state index is 13.7. The topological polar surface area (TPSA) is 58.6 Å². The van der Waals surface area contributed by atoms with Gasteiger partial charge in [-0.05, 0) is 37.1 Å². The number of amides is 1. The summed E-state index contributed by atoms with van der Waals surface area (Å²) in [6.07, 6.45) is 0.290. The summed E-state index contributed by atoms with van der Waals surface area (Å²) in [5, 5.41) is 12.8. The first kappa shape index (κ1) is 16.4. The van der Waals surface area contributed by atoms with Crippen LogP contribution in [0.2, 0.25) is 0 Å². The van der Waals surface area contributed by atoms with E-state index in [9.17, 15) is 18.7 Å². The molecule has 2 aromatic carbocycles. The lowest BCUT2D eigenvalue weighted by Crippen LogP contribution is -2.16. The summed E-state index contributed by atoms with van der Waals surface area (Å²) >= 11 is 0. The van der Waals surface area contributed by atoms with Gasteiger partial charge >= 0.3 is 0 Å². The SMILES string of the molecule is O=C(Nc1ccccc1OCC(O)c1c(F)cccc1F)C1CC1. The van der Waals surface area contributed by atoms with Gasteiger partial charge in [0.1, 0.15) is 30.1 Å². The van der Waals surface area contributed by atoms with E-state index in [1.165, 1.54) is 6.07 Å². The lowest BCUT2D eigenvalue weighted by Gasteiger charge is -2.16. The van der Waals surface area contributed by atoms with Crippen LogP contribution in [0.1, 0.15) is 24.5 Å². The lowest BCUT2D eigenvalue weighted by atomic mass is 10.1. The van der Waals surface area contributed by atoms with E-state index in [-0.39, 0.29) is 18.4 Å². The highest BCUT2D eigenvalue weighted by atomic mass is 19.1. The van der Waals surface area contributed by atoms with Gasteiger partial charge in [0.25, 0.3) is 0 Å². The van der Waals surface area contributed by atoms with Crippen molar-refractivity contribution in [2.75, 3.05) is 11.9 Å². The van der Waals surface area contributed by atoms with E-state index < -0.39 is 23.3 Å². The van der Waals surface area contributed by atoms with Crippen LogP contribution < -0.4 is 10.1 Å². The largest absolute Gasteiger partial charge is 0.488 e. The average molecular weight is 333 g/mol. The Morgan fingerprint density at radius 3 is 2.50 bits per heavy atom. The zero-order valence-corrected chi connectivity index (χ0v) is 12.8. The number of hydrogen-bond acceptors (Lipinski definition) is 3. The summed E-state index contributed by atoms with van der Waals surface area (Å²) in [5.41, 5.74) is 0.0348. The molecule has 0 radical (unpaired) electrons. The van der Waals surface area contributed by atoms with Crippen molar-refractivity contribution in [3.8, 4) is 5.75 Å². The summed E-state index contributed by atoms with van der Waals surface area (Å²) < 4.78 is 32.8. The predicted octanol–water partition coefficient (Wildman–Crippen LogP) is 3.43. The summed E-state index contributed by atoms with van der Waals surface area (Å²) in [7, 11) is 0. The standard InChI is InChI=1S/C18H17F2NO3/c19-12-4-3-5-13(20)17(12)15(22)10-24-16-7-2-1-6-14(16)21-18(23)11-8-9-11/h1-7,11,15,22H,8-10H2,(H,21,23). The number of nitrogens with one attached hydrogen (secondary N) is 1. The molecule has 2 aromatic rings. The third-order valence-electron chi connectivity index (χ3n) is 3.82. The minimum absolute atomic E-state index is 0.0381. The second kappa shape index (κ2) is 6.97. The summed E-state index contributed by atoms with van der Waals surface area (Å²) in [6, 6.07) is 10.1. The Morgan fingerprint density at radius 2 is 1.83 bits per heavy atom. The van der Waals surface area contributed by atoms with Crippen LogP contribution >= 0.6 is 0 Å². The number of hydrogen-bond donors (Lipinski definition) is 2. The van der Waals surface area contributed by atoms with Crippen molar-refractivity contribution in [1.29, 1.82) is 0 Å². The second-order valence-electron chi connectivity index (χ2n) is 5.72. The molecule has 0 bridgehead atoms. The number of ether oxygens (including phenoxy) is 1. The number of benzene rings is 2. The van der Waals surface area contributed by atoms with Crippen molar-refractivity contribution < 1.29 is 23.4 Å². The van der Waals surface area contributed by atoms with Crippen molar-refractivity contribution in [2.45, 2.75) is 18.9 Å². The maximum Gasteiger partial charge on any atom is 0.227 e. The molecule has 0 saturated heterocycles. The van der Waals surface area contributed by atoms with Crippen LogP contribution in [0.4, 0.5) is 14.5 Å². The predicted molar refractivity (Wildman–Crippen MR) is 84.6 cm³/mol. The van der Waals surface area contributed by atoms with E-state index in [2.05, 4.69) is 5.32 Å². The minimum Gasteiger partial charge on any atom is -0.488 e. The van der Waals surface area contributed by atoms with E-state index in [0.29, 0.717) is 11.4 Å². The highest BCUT2D eigenvalue weighted by Gasteiger charge is 2.30. The molecule has 24 heavy (non-hydrogen) atoms. The zero-order chi connectivity index (χ0) is 17.1. The third-order valence-corrected chi connectivity index (χ3v) is 3.82. The molecular weight excluding hydrogens is 316 g/mol. The molecule has 0 aliphatic heterocycles. The van der Waals surface area contributed by atoms with Gasteiger partial charge in [0.15, 0.2) is 0 Å². The molecule has 3 rings (SSSR count). The first-order chi connectivity index (χ1) is 11.6. The van der Waals surface area contributed by atoms with E-state index in [1.54, 1.807) is 24.3 Å². The number of para-hydroxylation sites is 2. The fourth-order valence-corrected chi connectivity index (χ4v) is 2.36. The highest BCUT2D eigenvalue weighted by molar-refractivity contribution is 5.95. The zero-order valence-electron chi connectivity index (χ0n) is 12.8. The van der Waals surface area contributed by atoms with Crippen LogP contribution in [-0.2, 0) is 4.79 Å². The molecular formula is C18H17F2NO3. The molecule has 126 valence electrons. The van der Waals surface area contributed by atoms with Crippen molar-refractivity contribution in [2.24, 2.45) is 5.92 Å². The summed E-state index contributed by atoms with van der Waals surface area (Å²) in [6.45, 7) is -0.339. The van der Waals surface area contributed by atoms with Crippen molar-refractivity contribution in [3.05, 3.63) is 59.7 Å². The molecule has 1 unspecified atom stereocenters. The van der Waals surface area contributed by atoms with E-state index in [4.69, 9.17) is 4.74 Å². The number of rotatable bonds is 6. The molecule has 1 aliphatic rings. The van der Waals surface area contributed by atoms with Gasteiger partial charge in [-0.3, -0.25) is 4.79 Å². The molecule has 1 fully saturated rings. The van der Waals surface area contributed by atoms with E-state index in [0.717, 1.165) is 25.0 Å². The molecule has 6 heteroatoms. The van der Waals surface area contributed by atoms with Gasteiger partial charge in [-0.15, -0.1) is 0 Å². The van der Waals surface area contributed by atoms with Gasteiger partial charge in [-0.2, -0.15) is 0 Å². The number of anilines is 1. The van der Waals surface area contributed by atoms with Crippen LogP contribution in [0.15, 0.2) is 42.5 Å². The maximum absolute atomic E-state index is 13.7. The van der Waals surface area contributed by atoms with Crippen LogP contribution in [0.25, 0.3) is 0 Å². The van der Waals surface area contributed by atoms with Crippen LogP contribution in [0.3, 0.4) is 0 Å². The van der Waals surface area contributed by atoms with Gasteiger partial charge in [0.2, 0.25) is 5.91 Å². The Morgan fingerprint density at radius 1 is 1.17 bits per heavy atom. The van der Waals surface area contributed by atoms with Crippen LogP contribution in [-0.4, -0.2) is 17.6 Å². The molecule has 4 nitrogen and oxygen atoms in total. The normalized spacial score (nSPS) is 15.0. The number of aliphatic hydroxyl groups excluding tert-OH is 1. The first-order valence-corrected chi connectivity index (χ1v) is 7.71. The Kier molecular flexibility index (Phi) is 4.76. The molecule has 1 atom stereocenters. The Bertz CT molecular complexity index is 727. The molecule has 1 aliphatic carbocycles. The first-order valence-electron chi connectivity index (χ1n) is 7.71. The van der Waals surface area contributed by atoms with Crippen molar-refractivity contribution in [1.82, 2.24) is 0 Å². The summed E-state index contributed by atoms with van der Waals surface area (Å²) in [5.74, 6) is -1.37. The van der Waals surface area contributed by atoms with Gasteiger partial charge in [-0.25, -0.2) is 8.78 Å². The summed E-state index contributed by atoms with van der Waals surface area (Å²) in [4.78, 5) is 11.9. The lowest BCUT2D eigenvalue weighted by molar-refractivity contribution is -0.117. The quantitative estimate of drug-likeness (QED) is 0.851. The molecule has 1 amide bonds. The van der Waals surface area contributed by atoms with Crippen LogP contribution in [0, 0.1) is 17.6 Å². The smallest absolute Gasteiger partial charge is 0.227 e. The molecule has 2 N–H and O–H groups in total. The second-order valence-corrected chi connectivity index (χ2v) is 5.72.